The van der Waals surface area contributed by atoms with Crippen LogP contribution in [-0.4, -0.2) is 30.8 Å². The topological polar surface area (TPSA) is 35.5 Å². The first kappa shape index (κ1) is 16.6. The Morgan fingerprint density at radius 2 is 2.24 bits per heavy atom. The minimum Gasteiger partial charge on any atom is -0.396 e. The fourth-order valence-corrected chi connectivity index (χ4v) is 3.22. The zero-order valence-corrected chi connectivity index (χ0v) is 13.9. The molecule has 2 rings (SSSR count). The van der Waals surface area contributed by atoms with Crippen LogP contribution in [0.1, 0.15) is 38.7 Å². The van der Waals surface area contributed by atoms with Crippen molar-refractivity contribution in [3.63, 3.8) is 0 Å². The standard InChI is InChI=1S/C17H27ClN2O/c1-13(2)19-11-15-10-16(18)5-6-17(15)20-8-3-4-14(12-20)7-9-21/h5-6,10,13-14,19,21H,3-4,7-9,11-12H2,1-2H3. The monoisotopic (exact) mass is 310 g/mol. The number of halogens is 1. The summed E-state index contributed by atoms with van der Waals surface area (Å²) >= 11 is 6.17. The van der Waals surface area contributed by atoms with Gasteiger partial charge in [-0.15, -0.1) is 0 Å². The van der Waals surface area contributed by atoms with Crippen LogP contribution in [0.15, 0.2) is 18.2 Å². The molecule has 1 unspecified atom stereocenters. The number of aliphatic hydroxyl groups is 1. The molecular weight excluding hydrogens is 284 g/mol. The molecule has 4 heteroatoms. The molecule has 0 saturated carbocycles. The Labute approximate surface area is 133 Å². The SMILES string of the molecule is CC(C)NCc1cc(Cl)ccc1N1CCCC(CCO)C1. The normalized spacial score (nSPS) is 19.3. The third kappa shape index (κ3) is 4.87. The van der Waals surface area contributed by atoms with Crippen LogP contribution in [0.4, 0.5) is 5.69 Å². The Morgan fingerprint density at radius 3 is 2.95 bits per heavy atom. The molecular formula is C17H27ClN2O. The van der Waals surface area contributed by atoms with Gasteiger partial charge in [0.2, 0.25) is 0 Å². The lowest BCUT2D eigenvalue weighted by atomic mass is 9.94. The van der Waals surface area contributed by atoms with Gasteiger partial charge in [0.1, 0.15) is 0 Å². The minimum absolute atomic E-state index is 0.293. The molecule has 0 radical (unpaired) electrons. The average molecular weight is 311 g/mol. The van der Waals surface area contributed by atoms with Gasteiger partial charge >= 0.3 is 0 Å². The maximum atomic E-state index is 9.17. The summed E-state index contributed by atoms with van der Waals surface area (Å²) in [7, 11) is 0. The summed E-state index contributed by atoms with van der Waals surface area (Å²) in [6.45, 7) is 7.58. The van der Waals surface area contributed by atoms with Crippen molar-refractivity contribution in [1.82, 2.24) is 5.32 Å². The Hall–Kier alpha value is -0.770. The highest BCUT2D eigenvalue weighted by atomic mass is 35.5. The molecule has 118 valence electrons. The molecule has 1 heterocycles. The first-order valence-electron chi connectivity index (χ1n) is 7.97. The van der Waals surface area contributed by atoms with Crippen molar-refractivity contribution in [3.05, 3.63) is 28.8 Å². The van der Waals surface area contributed by atoms with Gasteiger partial charge in [0.15, 0.2) is 0 Å². The molecule has 0 bridgehead atoms. The molecule has 0 amide bonds. The molecule has 1 aromatic carbocycles. The maximum absolute atomic E-state index is 9.17. The van der Waals surface area contributed by atoms with Crippen LogP contribution in [0.3, 0.4) is 0 Å². The molecule has 0 spiro atoms. The van der Waals surface area contributed by atoms with E-state index in [0.29, 0.717) is 18.6 Å². The first-order valence-corrected chi connectivity index (χ1v) is 8.35. The number of rotatable bonds is 6. The van der Waals surface area contributed by atoms with E-state index < -0.39 is 0 Å². The summed E-state index contributed by atoms with van der Waals surface area (Å²) < 4.78 is 0. The molecule has 1 fully saturated rings. The predicted molar refractivity (Wildman–Crippen MR) is 90.1 cm³/mol. The van der Waals surface area contributed by atoms with Crippen LogP contribution in [0.2, 0.25) is 5.02 Å². The van der Waals surface area contributed by atoms with E-state index >= 15 is 0 Å². The number of aliphatic hydroxyl groups excluding tert-OH is 1. The molecule has 0 aliphatic carbocycles. The van der Waals surface area contributed by atoms with E-state index in [-0.39, 0.29) is 0 Å². The van der Waals surface area contributed by atoms with Crippen molar-refractivity contribution in [2.45, 2.75) is 45.7 Å². The third-order valence-electron chi connectivity index (χ3n) is 4.14. The fourth-order valence-electron chi connectivity index (χ4n) is 3.02. The molecule has 1 aliphatic heterocycles. The summed E-state index contributed by atoms with van der Waals surface area (Å²) in [5.41, 5.74) is 2.55. The molecule has 0 aromatic heterocycles. The second-order valence-electron chi connectivity index (χ2n) is 6.28. The fraction of sp³-hybridized carbons (Fsp3) is 0.647. The zero-order valence-electron chi connectivity index (χ0n) is 13.1. The molecule has 1 saturated heterocycles. The van der Waals surface area contributed by atoms with Gasteiger partial charge in [0.05, 0.1) is 0 Å². The number of hydrogen-bond acceptors (Lipinski definition) is 3. The Bertz CT molecular complexity index is 448. The summed E-state index contributed by atoms with van der Waals surface area (Å²) in [5.74, 6) is 0.602. The van der Waals surface area contributed by atoms with Crippen molar-refractivity contribution in [2.75, 3.05) is 24.6 Å². The van der Waals surface area contributed by atoms with Crippen molar-refractivity contribution < 1.29 is 5.11 Å². The van der Waals surface area contributed by atoms with Crippen molar-refractivity contribution in [1.29, 1.82) is 0 Å². The van der Waals surface area contributed by atoms with E-state index in [1.807, 2.05) is 6.07 Å². The van der Waals surface area contributed by atoms with Gasteiger partial charge in [-0.3, -0.25) is 0 Å². The number of piperidine rings is 1. The number of nitrogens with zero attached hydrogens (tertiary/aromatic N) is 1. The highest BCUT2D eigenvalue weighted by molar-refractivity contribution is 6.30. The summed E-state index contributed by atoms with van der Waals surface area (Å²) in [6.07, 6.45) is 3.33. The smallest absolute Gasteiger partial charge is 0.0434 e. The summed E-state index contributed by atoms with van der Waals surface area (Å²) in [4.78, 5) is 2.46. The van der Waals surface area contributed by atoms with Gasteiger partial charge in [-0.25, -0.2) is 0 Å². The van der Waals surface area contributed by atoms with Crippen LogP contribution in [0, 0.1) is 5.92 Å². The molecule has 1 aliphatic rings. The Morgan fingerprint density at radius 1 is 1.43 bits per heavy atom. The van der Waals surface area contributed by atoms with Crippen molar-refractivity contribution >= 4 is 17.3 Å². The number of anilines is 1. The quantitative estimate of drug-likeness (QED) is 0.845. The molecule has 21 heavy (non-hydrogen) atoms. The zero-order chi connectivity index (χ0) is 15.2. The molecule has 3 nitrogen and oxygen atoms in total. The lowest BCUT2D eigenvalue weighted by Crippen LogP contribution is -2.36. The Balaban J connectivity index is 2.13. The largest absolute Gasteiger partial charge is 0.396 e. The van der Waals surface area contributed by atoms with Gasteiger partial charge in [0.25, 0.3) is 0 Å². The lowest BCUT2D eigenvalue weighted by Gasteiger charge is -2.35. The van der Waals surface area contributed by atoms with E-state index in [9.17, 15) is 0 Å². The van der Waals surface area contributed by atoms with E-state index in [1.54, 1.807) is 0 Å². The van der Waals surface area contributed by atoms with E-state index in [4.69, 9.17) is 16.7 Å². The summed E-state index contributed by atoms with van der Waals surface area (Å²) in [6, 6.07) is 6.65. The van der Waals surface area contributed by atoms with Gasteiger partial charge in [0, 0.05) is 43.0 Å². The predicted octanol–water partition coefficient (Wildman–Crippen LogP) is 3.44. The number of hydrogen-bond donors (Lipinski definition) is 2. The maximum Gasteiger partial charge on any atom is 0.0434 e. The van der Waals surface area contributed by atoms with Gasteiger partial charge in [-0.05, 0) is 48.9 Å². The van der Waals surface area contributed by atoms with E-state index in [0.717, 1.165) is 31.1 Å². The lowest BCUT2D eigenvalue weighted by molar-refractivity contribution is 0.244. The Kier molecular flexibility index (Phi) is 6.34. The number of nitrogens with one attached hydrogen (secondary N) is 1. The van der Waals surface area contributed by atoms with Crippen molar-refractivity contribution in [3.8, 4) is 0 Å². The van der Waals surface area contributed by atoms with Crippen LogP contribution in [-0.2, 0) is 6.54 Å². The van der Waals surface area contributed by atoms with Crippen molar-refractivity contribution in [2.24, 2.45) is 5.92 Å². The molecule has 1 aromatic rings. The highest BCUT2D eigenvalue weighted by Crippen LogP contribution is 2.29. The molecule has 2 N–H and O–H groups in total. The molecule has 1 atom stereocenters. The van der Waals surface area contributed by atoms with E-state index in [1.165, 1.54) is 24.1 Å². The second-order valence-corrected chi connectivity index (χ2v) is 6.71. The van der Waals surface area contributed by atoms with Gasteiger partial charge < -0.3 is 15.3 Å². The average Bonchev–Trinajstić information content (AvgIpc) is 2.46. The van der Waals surface area contributed by atoms with E-state index in [2.05, 4.69) is 36.2 Å². The van der Waals surface area contributed by atoms with Crippen LogP contribution in [0.25, 0.3) is 0 Å². The first-order chi connectivity index (χ1) is 10.1. The summed E-state index contributed by atoms with van der Waals surface area (Å²) in [5, 5.41) is 13.4. The minimum atomic E-state index is 0.293. The van der Waals surface area contributed by atoms with Crippen LogP contribution in [0.5, 0.6) is 0 Å². The second kappa shape index (κ2) is 8.02. The third-order valence-corrected chi connectivity index (χ3v) is 4.37. The van der Waals surface area contributed by atoms with Crippen LogP contribution < -0.4 is 10.2 Å². The number of benzene rings is 1. The van der Waals surface area contributed by atoms with Gasteiger partial charge in [-0.1, -0.05) is 25.4 Å². The highest BCUT2D eigenvalue weighted by Gasteiger charge is 2.21. The van der Waals surface area contributed by atoms with Gasteiger partial charge in [-0.2, -0.15) is 0 Å². The van der Waals surface area contributed by atoms with Crippen LogP contribution >= 0.6 is 11.6 Å².